The van der Waals surface area contributed by atoms with Crippen LogP contribution in [0, 0.1) is 0 Å². The first kappa shape index (κ1) is 14.8. The van der Waals surface area contributed by atoms with Crippen LogP contribution in [-0.2, 0) is 6.54 Å². The summed E-state index contributed by atoms with van der Waals surface area (Å²) in [6.07, 6.45) is 5.10. The topological polar surface area (TPSA) is 81.5 Å². The highest BCUT2D eigenvalue weighted by atomic mass is 16.7. The van der Waals surface area contributed by atoms with Crippen LogP contribution in [0.1, 0.15) is 24.4 Å². The van der Waals surface area contributed by atoms with Crippen LogP contribution in [0.4, 0.5) is 4.79 Å². The molecule has 8 heteroatoms. The second-order valence-corrected chi connectivity index (χ2v) is 5.91. The molecule has 1 saturated heterocycles. The average molecular weight is 329 g/mol. The summed E-state index contributed by atoms with van der Waals surface area (Å²) < 4.78 is 10.6. The van der Waals surface area contributed by atoms with Crippen LogP contribution < -0.4 is 14.8 Å². The van der Waals surface area contributed by atoms with E-state index in [1.165, 1.54) is 0 Å². The normalized spacial score (nSPS) is 17.1. The standard InChI is InChI=1S/C16H19N5O3/c22-16(17-10-12-1-2-14-15(9-12)24-11-23-14)20-7-3-13(4-8-20)21-18-5-6-19-21/h1-2,5-6,9,13H,3-4,7-8,10-11H2,(H,17,22). The van der Waals surface area contributed by atoms with Crippen molar-refractivity contribution in [2.45, 2.75) is 25.4 Å². The number of amides is 2. The zero-order valence-electron chi connectivity index (χ0n) is 13.2. The van der Waals surface area contributed by atoms with E-state index in [9.17, 15) is 4.79 Å². The Morgan fingerprint density at radius 2 is 1.92 bits per heavy atom. The molecule has 1 aromatic heterocycles. The van der Waals surface area contributed by atoms with E-state index in [2.05, 4.69) is 15.5 Å². The molecular weight excluding hydrogens is 310 g/mol. The van der Waals surface area contributed by atoms with Gasteiger partial charge in [0.2, 0.25) is 6.79 Å². The minimum absolute atomic E-state index is 0.0421. The molecule has 3 heterocycles. The maximum atomic E-state index is 12.3. The Bertz CT molecular complexity index is 711. The molecule has 2 aromatic rings. The molecule has 1 fully saturated rings. The van der Waals surface area contributed by atoms with Gasteiger partial charge >= 0.3 is 6.03 Å². The number of urea groups is 1. The van der Waals surface area contributed by atoms with Gasteiger partial charge in [-0.3, -0.25) is 0 Å². The van der Waals surface area contributed by atoms with Crippen LogP contribution in [0.5, 0.6) is 11.5 Å². The van der Waals surface area contributed by atoms with E-state index in [1.54, 1.807) is 17.2 Å². The number of carbonyl (C=O) groups excluding carboxylic acids is 1. The molecule has 0 saturated carbocycles. The van der Waals surface area contributed by atoms with Gasteiger partial charge in [0.1, 0.15) is 0 Å². The molecule has 0 unspecified atom stereocenters. The molecule has 1 N–H and O–H groups in total. The van der Waals surface area contributed by atoms with Gasteiger partial charge in [-0.15, -0.1) is 0 Å². The number of carbonyl (C=O) groups is 1. The predicted molar refractivity (Wildman–Crippen MR) is 84.7 cm³/mol. The number of likely N-dealkylation sites (tertiary alicyclic amines) is 1. The van der Waals surface area contributed by atoms with Crippen molar-refractivity contribution in [1.29, 1.82) is 0 Å². The Kier molecular flexibility index (Phi) is 3.94. The van der Waals surface area contributed by atoms with Crippen molar-refractivity contribution in [1.82, 2.24) is 25.2 Å². The van der Waals surface area contributed by atoms with Gasteiger partial charge in [0.15, 0.2) is 11.5 Å². The number of aromatic nitrogens is 3. The van der Waals surface area contributed by atoms with Gasteiger partial charge in [-0.2, -0.15) is 15.0 Å². The van der Waals surface area contributed by atoms with E-state index in [-0.39, 0.29) is 18.9 Å². The third kappa shape index (κ3) is 2.99. The summed E-state index contributed by atoms with van der Waals surface area (Å²) in [5.74, 6) is 1.48. The first-order valence-electron chi connectivity index (χ1n) is 8.07. The van der Waals surface area contributed by atoms with Gasteiger partial charge < -0.3 is 19.7 Å². The summed E-state index contributed by atoms with van der Waals surface area (Å²) in [6, 6.07) is 5.94. The summed E-state index contributed by atoms with van der Waals surface area (Å²) in [5, 5.41) is 11.3. The first-order valence-corrected chi connectivity index (χ1v) is 8.07. The molecule has 24 heavy (non-hydrogen) atoms. The number of ether oxygens (including phenoxy) is 2. The van der Waals surface area contributed by atoms with Crippen molar-refractivity contribution in [3.8, 4) is 11.5 Å². The quantitative estimate of drug-likeness (QED) is 0.924. The molecule has 0 radical (unpaired) electrons. The van der Waals surface area contributed by atoms with Crippen LogP contribution >= 0.6 is 0 Å². The van der Waals surface area contributed by atoms with Gasteiger partial charge in [0, 0.05) is 19.6 Å². The number of nitrogens with zero attached hydrogens (tertiary/aromatic N) is 4. The van der Waals surface area contributed by atoms with Crippen molar-refractivity contribution >= 4 is 6.03 Å². The Morgan fingerprint density at radius 3 is 2.71 bits per heavy atom. The Morgan fingerprint density at radius 1 is 1.17 bits per heavy atom. The molecule has 126 valence electrons. The zero-order chi connectivity index (χ0) is 16.4. The smallest absolute Gasteiger partial charge is 0.317 e. The Balaban J connectivity index is 1.28. The van der Waals surface area contributed by atoms with E-state index >= 15 is 0 Å². The summed E-state index contributed by atoms with van der Waals surface area (Å²) in [4.78, 5) is 15.9. The van der Waals surface area contributed by atoms with Gasteiger partial charge in [0.05, 0.1) is 18.4 Å². The lowest BCUT2D eigenvalue weighted by Gasteiger charge is -2.31. The SMILES string of the molecule is O=C(NCc1ccc2c(c1)OCO2)N1CCC(n2nccn2)CC1. The summed E-state index contributed by atoms with van der Waals surface area (Å²) >= 11 is 0. The number of rotatable bonds is 3. The number of piperidine rings is 1. The molecule has 1 aromatic carbocycles. The lowest BCUT2D eigenvalue weighted by Crippen LogP contribution is -2.44. The lowest BCUT2D eigenvalue weighted by atomic mass is 10.1. The fourth-order valence-electron chi connectivity index (χ4n) is 3.05. The van der Waals surface area contributed by atoms with E-state index < -0.39 is 0 Å². The maximum Gasteiger partial charge on any atom is 0.317 e. The number of hydrogen-bond donors (Lipinski definition) is 1. The maximum absolute atomic E-state index is 12.3. The van der Waals surface area contributed by atoms with Gasteiger partial charge in [0.25, 0.3) is 0 Å². The van der Waals surface area contributed by atoms with Crippen molar-refractivity contribution in [2.75, 3.05) is 19.9 Å². The monoisotopic (exact) mass is 329 g/mol. The lowest BCUT2D eigenvalue weighted by molar-refractivity contribution is 0.164. The van der Waals surface area contributed by atoms with Crippen molar-refractivity contribution in [2.24, 2.45) is 0 Å². The van der Waals surface area contributed by atoms with E-state index in [4.69, 9.17) is 9.47 Å². The van der Waals surface area contributed by atoms with E-state index in [1.807, 2.05) is 23.1 Å². The summed E-state index contributed by atoms with van der Waals surface area (Å²) in [5.41, 5.74) is 0.989. The molecule has 0 spiro atoms. The first-order chi connectivity index (χ1) is 11.8. The highest BCUT2D eigenvalue weighted by Gasteiger charge is 2.24. The minimum atomic E-state index is -0.0421. The molecule has 0 bridgehead atoms. The van der Waals surface area contributed by atoms with Crippen LogP contribution in [0.25, 0.3) is 0 Å². The van der Waals surface area contributed by atoms with Gasteiger partial charge in [-0.25, -0.2) is 4.79 Å². The number of nitrogens with one attached hydrogen (secondary N) is 1. The van der Waals surface area contributed by atoms with E-state index in [0.717, 1.165) is 29.9 Å². The number of fused-ring (bicyclic) bond motifs is 1. The van der Waals surface area contributed by atoms with Crippen molar-refractivity contribution < 1.29 is 14.3 Å². The molecule has 2 aliphatic heterocycles. The van der Waals surface area contributed by atoms with Crippen molar-refractivity contribution in [3.63, 3.8) is 0 Å². The van der Waals surface area contributed by atoms with Crippen LogP contribution in [0.15, 0.2) is 30.6 Å². The third-order valence-electron chi connectivity index (χ3n) is 4.40. The van der Waals surface area contributed by atoms with Gasteiger partial charge in [-0.1, -0.05) is 6.07 Å². The highest BCUT2D eigenvalue weighted by molar-refractivity contribution is 5.74. The zero-order valence-corrected chi connectivity index (χ0v) is 13.2. The van der Waals surface area contributed by atoms with Gasteiger partial charge in [-0.05, 0) is 30.5 Å². The molecule has 4 rings (SSSR count). The highest BCUT2D eigenvalue weighted by Crippen LogP contribution is 2.32. The largest absolute Gasteiger partial charge is 0.454 e. The predicted octanol–water partition coefficient (Wildman–Crippen LogP) is 1.55. The summed E-state index contributed by atoms with van der Waals surface area (Å²) in [7, 11) is 0. The molecule has 2 amide bonds. The average Bonchev–Trinajstić information content (AvgIpc) is 3.31. The summed E-state index contributed by atoms with van der Waals surface area (Å²) in [6.45, 7) is 2.14. The number of benzene rings is 1. The Hall–Kier alpha value is -2.77. The van der Waals surface area contributed by atoms with Crippen LogP contribution in [-0.4, -0.2) is 45.8 Å². The molecule has 2 aliphatic rings. The Labute approximate surface area is 139 Å². The van der Waals surface area contributed by atoms with Crippen molar-refractivity contribution in [3.05, 3.63) is 36.2 Å². The molecule has 0 atom stereocenters. The van der Waals surface area contributed by atoms with Crippen LogP contribution in [0.2, 0.25) is 0 Å². The minimum Gasteiger partial charge on any atom is -0.454 e. The molecule has 0 aliphatic carbocycles. The second kappa shape index (κ2) is 6.38. The number of hydrogen-bond acceptors (Lipinski definition) is 5. The van der Waals surface area contributed by atoms with Crippen LogP contribution in [0.3, 0.4) is 0 Å². The molecular formula is C16H19N5O3. The van der Waals surface area contributed by atoms with E-state index in [0.29, 0.717) is 19.6 Å². The third-order valence-corrected chi connectivity index (χ3v) is 4.40. The fourth-order valence-corrected chi connectivity index (χ4v) is 3.05. The second-order valence-electron chi connectivity index (χ2n) is 5.91. The molecule has 8 nitrogen and oxygen atoms in total. The fraction of sp³-hybridized carbons (Fsp3) is 0.438.